The van der Waals surface area contributed by atoms with Gasteiger partial charge in [-0.1, -0.05) is 18.2 Å². The molecule has 2 heterocycles. The molecule has 0 radical (unpaired) electrons. The monoisotopic (exact) mass is 358 g/mol. The fourth-order valence-electron chi connectivity index (χ4n) is 2.27. The summed E-state index contributed by atoms with van der Waals surface area (Å²) in [6, 6.07) is 6.35. The number of rotatable bonds is 5. The molecular weight excluding hydrogens is 343 g/mol. The van der Waals surface area contributed by atoms with Crippen LogP contribution in [0.5, 0.6) is 0 Å². The molecular formula is C17H15FN4O2S. The molecule has 6 nitrogen and oxygen atoms in total. The zero-order valence-electron chi connectivity index (χ0n) is 13.4. The van der Waals surface area contributed by atoms with E-state index in [0.717, 1.165) is 5.01 Å². The van der Waals surface area contributed by atoms with E-state index in [-0.39, 0.29) is 17.9 Å². The first-order valence-corrected chi connectivity index (χ1v) is 8.46. The van der Waals surface area contributed by atoms with Crippen LogP contribution in [0, 0.1) is 12.7 Å². The van der Waals surface area contributed by atoms with Gasteiger partial charge < -0.3 is 10.3 Å². The van der Waals surface area contributed by atoms with E-state index in [9.17, 15) is 14.0 Å². The average molecular weight is 358 g/mol. The molecule has 0 fully saturated rings. The molecule has 0 unspecified atom stereocenters. The van der Waals surface area contributed by atoms with Crippen molar-refractivity contribution in [3.05, 3.63) is 68.1 Å². The molecule has 0 aliphatic heterocycles. The fraction of sp³-hybridized carbons (Fsp3) is 0.176. The quantitative estimate of drug-likeness (QED) is 0.733. The molecule has 0 aliphatic carbocycles. The van der Waals surface area contributed by atoms with Crippen LogP contribution in [0.25, 0.3) is 11.5 Å². The van der Waals surface area contributed by atoms with E-state index in [1.807, 2.05) is 6.92 Å². The van der Waals surface area contributed by atoms with Crippen molar-refractivity contribution in [2.75, 3.05) is 6.54 Å². The SMILES string of the molecule is Cc1nc(-c2ncc(C(=O)NCCc3ccccc3F)c(=O)[nH]2)cs1. The summed E-state index contributed by atoms with van der Waals surface area (Å²) in [7, 11) is 0. The van der Waals surface area contributed by atoms with Gasteiger partial charge in [0.25, 0.3) is 11.5 Å². The first-order chi connectivity index (χ1) is 12.0. The van der Waals surface area contributed by atoms with Gasteiger partial charge in [0.1, 0.15) is 17.1 Å². The molecule has 0 bridgehead atoms. The Labute approximate surface area is 146 Å². The number of nitrogens with zero attached hydrogens (tertiary/aromatic N) is 2. The molecule has 0 atom stereocenters. The molecule has 2 N–H and O–H groups in total. The number of aryl methyl sites for hydroxylation is 1. The highest BCUT2D eigenvalue weighted by atomic mass is 32.1. The minimum Gasteiger partial charge on any atom is -0.351 e. The molecule has 0 spiro atoms. The minimum atomic E-state index is -0.550. The molecule has 0 saturated carbocycles. The van der Waals surface area contributed by atoms with Crippen LogP contribution in [0.3, 0.4) is 0 Å². The van der Waals surface area contributed by atoms with Crippen LogP contribution in [0.15, 0.2) is 40.6 Å². The maximum Gasteiger partial charge on any atom is 0.264 e. The van der Waals surface area contributed by atoms with Crippen molar-refractivity contribution >= 4 is 17.2 Å². The number of nitrogens with one attached hydrogen (secondary N) is 2. The van der Waals surface area contributed by atoms with Crippen molar-refractivity contribution in [2.24, 2.45) is 0 Å². The highest BCUT2D eigenvalue weighted by molar-refractivity contribution is 7.09. The number of hydrogen-bond donors (Lipinski definition) is 2. The Morgan fingerprint density at radius 1 is 1.36 bits per heavy atom. The summed E-state index contributed by atoms with van der Waals surface area (Å²) in [6.07, 6.45) is 1.56. The fourth-order valence-corrected chi connectivity index (χ4v) is 2.86. The maximum atomic E-state index is 13.5. The molecule has 2 aromatic heterocycles. The molecule has 8 heteroatoms. The predicted molar refractivity (Wildman–Crippen MR) is 93.1 cm³/mol. The van der Waals surface area contributed by atoms with Crippen LogP contribution in [-0.2, 0) is 6.42 Å². The minimum absolute atomic E-state index is 0.0933. The first kappa shape index (κ1) is 17.0. The van der Waals surface area contributed by atoms with Crippen LogP contribution >= 0.6 is 11.3 Å². The number of hydrogen-bond acceptors (Lipinski definition) is 5. The van der Waals surface area contributed by atoms with Gasteiger partial charge in [-0.3, -0.25) is 9.59 Å². The Bertz CT molecular complexity index is 967. The molecule has 3 rings (SSSR count). The zero-order valence-corrected chi connectivity index (χ0v) is 14.2. The van der Waals surface area contributed by atoms with Crippen molar-refractivity contribution in [2.45, 2.75) is 13.3 Å². The van der Waals surface area contributed by atoms with Gasteiger partial charge >= 0.3 is 0 Å². The zero-order chi connectivity index (χ0) is 17.8. The molecule has 3 aromatic rings. The highest BCUT2D eigenvalue weighted by Crippen LogP contribution is 2.16. The summed E-state index contributed by atoms with van der Waals surface area (Å²) in [4.78, 5) is 35.1. The predicted octanol–water partition coefficient (Wildman–Crippen LogP) is 2.31. The van der Waals surface area contributed by atoms with Crippen LogP contribution in [0.1, 0.15) is 20.9 Å². The summed E-state index contributed by atoms with van der Waals surface area (Å²) in [5, 5.41) is 5.23. The number of aromatic amines is 1. The van der Waals surface area contributed by atoms with Crippen LogP contribution in [0.4, 0.5) is 4.39 Å². The smallest absolute Gasteiger partial charge is 0.264 e. The number of carbonyl (C=O) groups is 1. The van der Waals surface area contributed by atoms with Gasteiger partial charge in [0.15, 0.2) is 5.82 Å². The van der Waals surface area contributed by atoms with Gasteiger partial charge in [0.05, 0.1) is 5.01 Å². The summed E-state index contributed by atoms with van der Waals surface area (Å²) < 4.78 is 13.5. The highest BCUT2D eigenvalue weighted by Gasteiger charge is 2.13. The van der Waals surface area contributed by atoms with E-state index >= 15 is 0 Å². The molecule has 0 saturated heterocycles. The molecule has 25 heavy (non-hydrogen) atoms. The van der Waals surface area contributed by atoms with Crippen LogP contribution < -0.4 is 10.9 Å². The summed E-state index contributed by atoms with van der Waals surface area (Å²) in [5.41, 5.74) is 0.429. The molecule has 0 aliphatic rings. The number of halogens is 1. The van der Waals surface area contributed by atoms with Crippen molar-refractivity contribution in [3.8, 4) is 11.5 Å². The summed E-state index contributed by atoms with van der Waals surface area (Å²) >= 11 is 1.44. The van der Waals surface area contributed by atoms with E-state index in [1.165, 1.54) is 23.6 Å². The topological polar surface area (TPSA) is 87.7 Å². The van der Waals surface area contributed by atoms with Crippen molar-refractivity contribution in [1.29, 1.82) is 0 Å². The number of carbonyl (C=O) groups excluding carboxylic acids is 1. The van der Waals surface area contributed by atoms with E-state index in [0.29, 0.717) is 23.5 Å². The lowest BCUT2D eigenvalue weighted by molar-refractivity contribution is 0.0952. The molecule has 128 valence electrons. The number of thiazole rings is 1. The number of benzene rings is 1. The standard InChI is InChI=1S/C17H15FN4O2S/c1-10-21-14(9-25-10)15-20-8-12(17(24)22-15)16(23)19-7-6-11-4-2-3-5-13(11)18/h2-5,8-9H,6-7H2,1H3,(H,19,23)(H,20,22,24). The third kappa shape index (κ3) is 3.97. The third-order valence-corrected chi connectivity index (χ3v) is 4.32. The molecule has 1 aromatic carbocycles. The summed E-state index contributed by atoms with van der Waals surface area (Å²) in [6.45, 7) is 2.07. The van der Waals surface area contributed by atoms with Gasteiger partial charge in [0.2, 0.25) is 0 Å². The molecule has 1 amide bonds. The van der Waals surface area contributed by atoms with Crippen molar-refractivity contribution < 1.29 is 9.18 Å². The third-order valence-electron chi connectivity index (χ3n) is 3.54. The Morgan fingerprint density at radius 2 is 2.16 bits per heavy atom. The van der Waals surface area contributed by atoms with Crippen molar-refractivity contribution in [3.63, 3.8) is 0 Å². The Morgan fingerprint density at radius 3 is 2.84 bits per heavy atom. The lowest BCUT2D eigenvalue weighted by Crippen LogP contribution is -2.31. The van der Waals surface area contributed by atoms with Gasteiger partial charge in [-0.2, -0.15) is 0 Å². The van der Waals surface area contributed by atoms with Crippen LogP contribution in [0.2, 0.25) is 0 Å². The summed E-state index contributed by atoms with van der Waals surface area (Å²) in [5.74, 6) is -0.553. The first-order valence-electron chi connectivity index (χ1n) is 7.58. The number of amides is 1. The largest absolute Gasteiger partial charge is 0.351 e. The van der Waals surface area contributed by atoms with E-state index in [2.05, 4.69) is 20.3 Å². The van der Waals surface area contributed by atoms with Gasteiger partial charge in [-0.15, -0.1) is 11.3 Å². The Hall–Kier alpha value is -2.87. The van der Waals surface area contributed by atoms with E-state index in [1.54, 1.807) is 23.6 Å². The maximum absolute atomic E-state index is 13.5. The Kier molecular flexibility index (Phi) is 4.99. The lowest BCUT2D eigenvalue weighted by Gasteiger charge is -2.06. The van der Waals surface area contributed by atoms with Crippen molar-refractivity contribution in [1.82, 2.24) is 20.3 Å². The van der Waals surface area contributed by atoms with Gasteiger partial charge in [-0.25, -0.2) is 14.4 Å². The number of H-pyrrole nitrogens is 1. The van der Waals surface area contributed by atoms with Gasteiger partial charge in [0, 0.05) is 18.1 Å². The second-order valence-corrected chi connectivity index (χ2v) is 6.39. The van der Waals surface area contributed by atoms with E-state index in [4.69, 9.17) is 0 Å². The number of aromatic nitrogens is 3. The van der Waals surface area contributed by atoms with Gasteiger partial charge in [-0.05, 0) is 25.0 Å². The van der Waals surface area contributed by atoms with E-state index < -0.39 is 11.5 Å². The normalized spacial score (nSPS) is 10.6. The second-order valence-electron chi connectivity index (χ2n) is 5.32. The average Bonchev–Trinajstić information content (AvgIpc) is 3.03. The second kappa shape index (κ2) is 7.35. The Balaban J connectivity index is 1.66. The lowest BCUT2D eigenvalue weighted by atomic mass is 10.1. The van der Waals surface area contributed by atoms with Crippen LogP contribution in [-0.4, -0.2) is 27.4 Å².